The first-order valence-electron chi connectivity index (χ1n) is 7.06. The van der Waals surface area contributed by atoms with E-state index in [1.54, 1.807) is 0 Å². The number of ether oxygens (including phenoxy) is 1. The molecule has 0 aromatic heterocycles. The molecule has 2 aliphatic carbocycles. The second-order valence-electron chi connectivity index (χ2n) is 5.65. The maximum Gasteiger partial charge on any atom is 0.147 e. The van der Waals surface area contributed by atoms with Crippen LogP contribution in [0.3, 0.4) is 0 Å². The highest BCUT2D eigenvalue weighted by Gasteiger charge is 2.21. The Labute approximate surface area is 131 Å². The monoisotopic (exact) mass is 387 g/mol. The minimum absolute atomic E-state index is 0.743. The van der Waals surface area contributed by atoms with Crippen LogP contribution >= 0.6 is 31.9 Å². The Morgan fingerprint density at radius 1 is 1.11 bits per heavy atom. The van der Waals surface area contributed by atoms with Crippen LogP contribution in [0.5, 0.6) is 5.75 Å². The smallest absolute Gasteiger partial charge is 0.147 e. The summed E-state index contributed by atoms with van der Waals surface area (Å²) in [6.07, 6.45) is 6.65. The van der Waals surface area contributed by atoms with Crippen molar-refractivity contribution in [3.63, 3.8) is 0 Å². The summed E-state index contributed by atoms with van der Waals surface area (Å²) in [6, 6.07) is 5.07. The molecule has 0 radical (unpaired) electrons. The average molecular weight is 389 g/mol. The van der Waals surface area contributed by atoms with Crippen molar-refractivity contribution in [3.8, 4) is 5.75 Å². The van der Waals surface area contributed by atoms with Crippen molar-refractivity contribution in [2.45, 2.75) is 44.7 Å². The molecule has 0 bridgehead atoms. The summed E-state index contributed by atoms with van der Waals surface area (Å²) < 4.78 is 8.05. The van der Waals surface area contributed by atoms with E-state index in [1.165, 1.54) is 37.7 Å². The Balaban J connectivity index is 1.61. The number of halogens is 2. The number of hydrogen-bond acceptors (Lipinski definition) is 2. The highest BCUT2D eigenvalue weighted by Crippen LogP contribution is 2.36. The van der Waals surface area contributed by atoms with Gasteiger partial charge in [0, 0.05) is 12.6 Å². The van der Waals surface area contributed by atoms with Crippen LogP contribution in [0.1, 0.15) is 37.7 Å². The van der Waals surface area contributed by atoms with E-state index in [9.17, 15) is 0 Å². The fourth-order valence-corrected chi connectivity index (χ4v) is 3.77. The molecule has 2 aliphatic rings. The fourth-order valence-electron chi connectivity index (χ4n) is 2.26. The molecule has 0 saturated heterocycles. The molecule has 1 aromatic rings. The van der Waals surface area contributed by atoms with Gasteiger partial charge in [-0.25, -0.2) is 0 Å². The Hall–Kier alpha value is -0.0600. The van der Waals surface area contributed by atoms with Crippen molar-refractivity contribution in [2.24, 2.45) is 5.92 Å². The van der Waals surface area contributed by atoms with Gasteiger partial charge in [-0.3, -0.25) is 0 Å². The molecule has 2 nitrogen and oxygen atoms in total. The van der Waals surface area contributed by atoms with Crippen molar-refractivity contribution in [1.29, 1.82) is 0 Å². The molecule has 1 aromatic carbocycles. The summed E-state index contributed by atoms with van der Waals surface area (Å²) in [5, 5.41) is 3.53. The van der Waals surface area contributed by atoms with Gasteiger partial charge in [0.15, 0.2) is 0 Å². The van der Waals surface area contributed by atoms with Gasteiger partial charge in [0.05, 0.1) is 15.6 Å². The molecule has 0 aliphatic heterocycles. The third kappa shape index (κ3) is 3.73. The minimum atomic E-state index is 0.743. The summed E-state index contributed by atoms with van der Waals surface area (Å²) in [5.74, 6) is 1.71. The second-order valence-corrected chi connectivity index (χ2v) is 7.36. The lowest BCUT2D eigenvalue weighted by Gasteiger charge is -2.25. The van der Waals surface area contributed by atoms with Crippen molar-refractivity contribution in [3.05, 3.63) is 26.6 Å². The SMILES string of the molecule is Brc1cc(CNC2CC2)cc(Br)c1OCC1CCC1. The molecule has 19 heavy (non-hydrogen) atoms. The molecule has 3 rings (SSSR count). The molecule has 104 valence electrons. The molecular weight excluding hydrogens is 370 g/mol. The van der Waals surface area contributed by atoms with E-state index in [2.05, 4.69) is 49.3 Å². The largest absolute Gasteiger partial charge is 0.491 e. The lowest BCUT2D eigenvalue weighted by atomic mass is 9.86. The van der Waals surface area contributed by atoms with Gasteiger partial charge in [0.1, 0.15) is 5.75 Å². The summed E-state index contributed by atoms with van der Waals surface area (Å²) in [5.41, 5.74) is 1.29. The Morgan fingerprint density at radius 3 is 2.32 bits per heavy atom. The zero-order valence-electron chi connectivity index (χ0n) is 10.9. The summed E-state index contributed by atoms with van der Waals surface area (Å²) in [6.45, 7) is 1.78. The lowest BCUT2D eigenvalue weighted by molar-refractivity contribution is 0.179. The van der Waals surface area contributed by atoms with Gasteiger partial charge in [-0.1, -0.05) is 6.42 Å². The quantitative estimate of drug-likeness (QED) is 0.766. The predicted molar refractivity (Wildman–Crippen MR) is 84.5 cm³/mol. The van der Waals surface area contributed by atoms with Gasteiger partial charge in [-0.2, -0.15) is 0 Å². The summed E-state index contributed by atoms with van der Waals surface area (Å²) in [7, 11) is 0. The first kappa shape index (κ1) is 13.9. The molecule has 1 N–H and O–H groups in total. The van der Waals surface area contributed by atoms with Gasteiger partial charge >= 0.3 is 0 Å². The van der Waals surface area contributed by atoms with Crippen LogP contribution in [-0.4, -0.2) is 12.6 Å². The third-order valence-corrected chi connectivity index (χ3v) is 5.10. The number of benzene rings is 1. The standard InChI is InChI=1S/C15H19Br2NO/c16-13-6-11(8-18-12-4-5-12)7-14(17)15(13)19-9-10-2-1-3-10/h6-7,10,12,18H,1-5,8-9H2. The van der Waals surface area contributed by atoms with Crippen LogP contribution in [0.15, 0.2) is 21.1 Å². The Bertz CT molecular complexity index is 432. The molecule has 0 atom stereocenters. The molecule has 0 amide bonds. The highest BCUT2D eigenvalue weighted by atomic mass is 79.9. The topological polar surface area (TPSA) is 21.3 Å². The van der Waals surface area contributed by atoms with E-state index in [0.29, 0.717) is 0 Å². The zero-order chi connectivity index (χ0) is 13.2. The maximum absolute atomic E-state index is 5.95. The van der Waals surface area contributed by atoms with Crippen molar-refractivity contribution in [2.75, 3.05) is 6.61 Å². The highest BCUT2D eigenvalue weighted by molar-refractivity contribution is 9.11. The number of rotatable bonds is 6. The van der Waals surface area contributed by atoms with Gasteiger partial charge in [0.2, 0.25) is 0 Å². The van der Waals surface area contributed by atoms with E-state index >= 15 is 0 Å². The Kier molecular flexibility index (Phi) is 4.50. The minimum Gasteiger partial charge on any atom is -0.491 e. The van der Waals surface area contributed by atoms with Gasteiger partial charge in [-0.05, 0) is 81.2 Å². The van der Waals surface area contributed by atoms with Crippen molar-refractivity contribution < 1.29 is 4.74 Å². The molecule has 0 unspecified atom stereocenters. The molecule has 0 spiro atoms. The average Bonchev–Trinajstić information content (AvgIpc) is 3.11. The maximum atomic E-state index is 5.95. The molecule has 4 heteroatoms. The predicted octanol–water partition coefficient (Wildman–Crippen LogP) is 4.64. The van der Waals surface area contributed by atoms with E-state index < -0.39 is 0 Å². The lowest BCUT2D eigenvalue weighted by Crippen LogP contribution is -2.19. The first-order chi connectivity index (χ1) is 9.22. The van der Waals surface area contributed by atoms with Crippen LogP contribution in [0.4, 0.5) is 0 Å². The van der Waals surface area contributed by atoms with Crippen LogP contribution in [0.25, 0.3) is 0 Å². The second kappa shape index (κ2) is 6.15. The molecular formula is C15H19Br2NO. The molecule has 2 saturated carbocycles. The fraction of sp³-hybridized carbons (Fsp3) is 0.600. The van der Waals surface area contributed by atoms with Crippen molar-refractivity contribution in [1.82, 2.24) is 5.32 Å². The van der Waals surface area contributed by atoms with Crippen LogP contribution in [0, 0.1) is 5.92 Å². The van der Waals surface area contributed by atoms with Gasteiger partial charge in [-0.15, -0.1) is 0 Å². The number of hydrogen-bond donors (Lipinski definition) is 1. The normalized spacial score (nSPS) is 19.3. The van der Waals surface area contributed by atoms with Gasteiger partial charge in [0.25, 0.3) is 0 Å². The van der Waals surface area contributed by atoms with E-state index in [-0.39, 0.29) is 0 Å². The van der Waals surface area contributed by atoms with E-state index in [4.69, 9.17) is 4.74 Å². The summed E-state index contributed by atoms with van der Waals surface area (Å²) in [4.78, 5) is 0. The van der Waals surface area contributed by atoms with Gasteiger partial charge < -0.3 is 10.1 Å². The Morgan fingerprint density at radius 2 is 1.79 bits per heavy atom. The van der Waals surface area contributed by atoms with Crippen LogP contribution in [-0.2, 0) is 6.54 Å². The van der Waals surface area contributed by atoms with Crippen LogP contribution in [0.2, 0.25) is 0 Å². The number of nitrogens with one attached hydrogen (secondary N) is 1. The van der Waals surface area contributed by atoms with E-state index in [0.717, 1.165) is 39.8 Å². The molecule has 0 heterocycles. The zero-order valence-corrected chi connectivity index (χ0v) is 14.1. The van der Waals surface area contributed by atoms with Crippen LogP contribution < -0.4 is 10.1 Å². The molecule has 2 fully saturated rings. The van der Waals surface area contributed by atoms with E-state index in [1.807, 2.05) is 0 Å². The summed E-state index contributed by atoms with van der Waals surface area (Å²) >= 11 is 7.26. The van der Waals surface area contributed by atoms with Crippen molar-refractivity contribution >= 4 is 31.9 Å². The first-order valence-corrected chi connectivity index (χ1v) is 8.65. The third-order valence-electron chi connectivity index (χ3n) is 3.92.